The molecule has 2 aromatic heterocycles. The van der Waals surface area contributed by atoms with Gasteiger partial charge in [-0.05, 0) is 43.2 Å². The number of carbonyl (C=O) groups excluding carboxylic acids is 1. The zero-order valence-electron chi connectivity index (χ0n) is 15.0. The van der Waals surface area contributed by atoms with E-state index in [4.69, 9.17) is 4.74 Å². The smallest absolute Gasteiger partial charge is 0.338 e. The van der Waals surface area contributed by atoms with Gasteiger partial charge < -0.3 is 9.30 Å². The van der Waals surface area contributed by atoms with Gasteiger partial charge in [-0.3, -0.25) is 0 Å². The molecule has 3 aromatic rings. The summed E-state index contributed by atoms with van der Waals surface area (Å²) in [7, 11) is 3.28. The number of hydrogen-bond acceptors (Lipinski definition) is 4. The van der Waals surface area contributed by atoms with Crippen molar-refractivity contribution in [3.05, 3.63) is 47.4 Å². The molecule has 126 valence electrons. The van der Waals surface area contributed by atoms with Gasteiger partial charge in [-0.1, -0.05) is 13.8 Å². The Morgan fingerprint density at radius 3 is 2.38 bits per heavy atom. The summed E-state index contributed by atoms with van der Waals surface area (Å²) in [6.07, 6.45) is 3.44. The first-order valence-electron chi connectivity index (χ1n) is 7.98. The van der Waals surface area contributed by atoms with E-state index >= 15 is 0 Å². The van der Waals surface area contributed by atoms with E-state index in [9.17, 15) is 4.79 Å². The molecular formula is C19H23N3O2. The Morgan fingerprint density at radius 1 is 1.12 bits per heavy atom. The molecule has 3 rings (SSSR count). The molecule has 0 atom stereocenters. The summed E-state index contributed by atoms with van der Waals surface area (Å²) in [5, 5.41) is 0.806. The molecule has 0 aliphatic rings. The lowest BCUT2D eigenvalue weighted by molar-refractivity contribution is 0.0603. The van der Waals surface area contributed by atoms with Crippen LogP contribution in [0.5, 0.6) is 0 Å². The number of aromatic nitrogens is 3. The van der Waals surface area contributed by atoms with Gasteiger partial charge in [-0.25, -0.2) is 14.8 Å². The molecule has 5 nitrogen and oxygen atoms in total. The molecular weight excluding hydrogens is 302 g/mol. The first kappa shape index (κ1) is 17.7. The molecule has 5 heteroatoms. The van der Waals surface area contributed by atoms with Gasteiger partial charge in [0.05, 0.1) is 42.1 Å². The zero-order valence-corrected chi connectivity index (χ0v) is 15.0. The van der Waals surface area contributed by atoms with Crippen molar-refractivity contribution in [2.45, 2.75) is 27.7 Å². The van der Waals surface area contributed by atoms with Crippen LogP contribution in [0.15, 0.2) is 30.7 Å². The van der Waals surface area contributed by atoms with Crippen molar-refractivity contribution in [1.29, 1.82) is 0 Å². The molecule has 0 saturated carbocycles. The molecule has 0 N–H and O–H groups in total. The van der Waals surface area contributed by atoms with Crippen LogP contribution in [0.1, 0.15) is 35.3 Å². The number of methoxy groups -OCH3 is 1. The van der Waals surface area contributed by atoms with Crippen LogP contribution in [0.3, 0.4) is 0 Å². The van der Waals surface area contributed by atoms with Crippen molar-refractivity contribution in [2.75, 3.05) is 7.11 Å². The molecule has 0 fully saturated rings. The summed E-state index contributed by atoms with van der Waals surface area (Å²) >= 11 is 0. The molecule has 0 aliphatic heterocycles. The number of rotatable bonds is 2. The predicted octanol–water partition coefficient (Wildman–Crippen LogP) is 4.06. The molecule has 0 spiro atoms. The molecule has 24 heavy (non-hydrogen) atoms. The maximum absolute atomic E-state index is 12.2. The second kappa shape index (κ2) is 7.25. The number of pyridine rings is 1. The van der Waals surface area contributed by atoms with E-state index in [-0.39, 0.29) is 5.97 Å². The molecule has 0 saturated heterocycles. The molecule has 0 unspecified atom stereocenters. The standard InChI is InChI=1S/C17H17N3O2.C2H6/c1-10-5-12-13(17(21)22-4)7-15(16-8-18-9-20(16)3)19-14(12)6-11(10)2;1-2/h5-9H,1-4H3;1-2H3. The maximum Gasteiger partial charge on any atom is 0.338 e. The fraction of sp³-hybridized carbons (Fsp3) is 0.316. The van der Waals surface area contributed by atoms with E-state index in [1.165, 1.54) is 7.11 Å². The van der Waals surface area contributed by atoms with Crippen molar-refractivity contribution in [1.82, 2.24) is 14.5 Å². The Hall–Kier alpha value is -2.69. The van der Waals surface area contributed by atoms with Crippen molar-refractivity contribution in [2.24, 2.45) is 7.05 Å². The fourth-order valence-corrected chi connectivity index (χ4v) is 2.50. The van der Waals surface area contributed by atoms with Crippen LogP contribution in [0.2, 0.25) is 0 Å². The zero-order chi connectivity index (χ0) is 17.9. The molecule has 0 radical (unpaired) electrons. The van der Waals surface area contributed by atoms with Gasteiger partial charge >= 0.3 is 5.97 Å². The van der Waals surface area contributed by atoms with Crippen LogP contribution in [-0.4, -0.2) is 27.6 Å². The Morgan fingerprint density at radius 2 is 1.79 bits per heavy atom. The lowest BCUT2D eigenvalue weighted by atomic mass is 10.0. The SMILES string of the molecule is CC.COC(=O)c1cc(-c2cncn2C)nc2cc(C)c(C)cc12. The summed E-state index contributed by atoms with van der Waals surface area (Å²) in [4.78, 5) is 21.0. The van der Waals surface area contributed by atoms with E-state index < -0.39 is 0 Å². The molecule has 0 amide bonds. The lowest BCUT2D eigenvalue weighted by Gasteiger charge is -2.11. The highest BCUT2D eigenvalue weighted by Crippen LogP contribution is 2.27. The van der Waals surface area contributed by atoms with Crippen LogP contribution in [0.4, 0.5) is 0 Å². The van der Waals surface area contributed by atoms with Gasteiger partial charge in [0, 0.05) is 12.4 Å². The third-order valence-corrected chi connectivity index (χ3v) is 3.91. The van der Waals surface area contributed by atoms with Crippen molar-refractivity contribution in [3.63, 3.8) is 0 Å². The molecule has 0 aliphatic carbocycles. The number of benzene rings is 1. The summed E-state index contributed by atoms with van der Waals surface area (Å²) in [5.74, 6) is -0.362. The molecule has 1 aromatic carbocycles. The number of hydrogen-bond donors (Lipinski definition) is 0. The Labute approximate surface area is 142 Å². The topological polar surface area (TPSA) is 57.0 Å². The minimum absolute atomic E-state index is 0.362. The van der Waals surface area contributed by atoms with Crippen molar-refractivity contribution >= 4 is 16.9 Å². The second-order valence-corrected chi connectivity index (χ2v) is 5.39. The van der Waals surface area contributed by atoms with Gasteiger partial charge in [-0.15, -0.1) is 0 Å². The van der Waals surface area contributed by atoms with Gasteiger partial charge in [0.1, 0.15) is 0 Å². The largest absolute Gasteiger partial charge is 0.465 e. The second-order valence-electron chi connectivity index (χ2n) is 5.39. The van der Waals surface area contributed by atoms with Crippen LogP contribution in [0.25, 0.3) is 22.3 Å². The summed E-state index contributed by atoms with van der Waals surface area (Å²) < 4.78 is 6.80. The number of fused-ring (bicyclic) bond motifs is 1. The fourth-order valence-electron chi connectivity index (χ4n) is 2.50. The minimum Gasteiger partial charge on any atom is -0.465 e. The van der Waals surface area contributed by atoms with Crippen LogP contribution in [-0.2, 0) is 11.8 Å². The van der Waals surface area contributed by atoms with E-state index in [0.29, 0.717) is 11.3 Å². The summed E-state index contributed by atoms with van der Waals surface area (Å²) in [6, 6.07) is 5.74. The average molecular weight is 325 g/mol. The monoisotopic (exact) mass is 325 g/mol. The number of nitrogens with zero attached hydrogens (tertiary/aromatic N) is 3. The average Bonchev–Trinajstić information content (AvgIpc) is 3.02. The third-order valence-electron chi connectivity index (χ3n) is 3.91. The van der Waals surface area contributed by atoms with Gasteiger partial charge in [-0.2, -0.15) is 0 Å². The van der Waals surface area contributed by atoms with Crippen LogP contribution >= 0.6 is 0 Å². The lowest BCUT2D eigenvalue weighted by Crippen LogP contribution is -2.05. The van der Waals surface area contributed by atoms with E-state index in [2.05, 4.69) is 9.97 Å². The first-order chi connectivity index (χ1) is 11.5. The first-order valence-corrected chi connectivity index (χ1v) is 7.98. The molecule has 0 bridgehead atoms. The number of carbonyl (C=O) groups is 1. The van der Waals surface area contributed by atoms with Crippen LogP contribution < -0.4 is 0 Å². The Balaban J connectivity index is 0.00000100. The van der Waals surface area contributed by atoms with Gasteiger partial charge in [0.2, 0.25) is 0 Å². The van der Waals surface area contributed by atoms with E-state index in [1.54, 1.807) is 18.6 Å². The highest BCUT2D eigenvalue weighted by atomic mass is 16.5. The highest BCUT2D eigenvalue weighted by molar-refractivity contribution is 6.04. The maximum atomic E-state index is 12.2. The normalized spacial score (nSPS) is 10.2. The van der Waals surface area contributed by atoms with Crippen molar-refractivity contribution in [3.8, 4) is 11.4 Å². The summed E-state index contributed by atoms with van der Waals surface area (Å²) in [5.41, 5.74) is 5.11. The number of esters is 1. The number of ether oxygens (including phenoxy) is 1. The minimum atomic E-state index is -0.362. The van der Waals surface area contributed by atoms with Gasteiger partial charge in [0.25, 0.3) is 0 Å². The van der Waals surface area contributed by atoms with Crippen LogP contribution in [0, 0.1) is 13.8 Å². The van der Waals surface area contributed by atoms with Crippen molar-refractivity contribution < 1.29 is 9.53 Å². The Kier molecular flexibility index (Phi) is 5.34. The quantitative estimate of drug-likeness (QED) is 0.667. The highest BCUT2D eigenvalue weighted by Gasteiger charge is 2.16. The molecule has 2 heterocycles. The van der Waals surface area contributed by atoms with E-state index in [1.807, 2.05) is 51.4 Å². The van der Waals surface area contributed by atoms with E-state index in [0.717, 1.165) is 27.7 Å². The van der Waals surface area contributed by atoms with Gasteiger partial charge in [0.15, 0.2) is 0 Å². The third kappa shape index (κ3) is 3.15. The predicted molar refractivity (Wildman–Crippen MR) is 96.1 cm³/mol. The Bertz CT molecular complexity index is 882. The number of aryl methyl sites for hydroxylation is 3. The number of imidazole rings is 1. The summed E-state index contributed by atoms with van der Waals surface area (Å²) in [6.45, 7) is 8.05.